The summed E-state index contributed by atoms with van der Waals surface area (Å²) in [4.78, 5) is 10.9. The van der Waals surface area contributed by atoms with E-state index in [0.29, 0.717) is 18.9 Å². The second-order valence-corrected chi connectivity index (χ2v) is 4.00. The van der Waals surface area contributed by atoms with E-state index in [0.717, 1.165) is 26.0 Å². The van der Waals surface area contributed by atoms with Crippen LogP contribution in [-0.4, -0.2) is 32.0 Å². The van der Waals surface area contributed by atoms with E-state index in [1.54, 1.807) is 0 Å². The molecule has 0 aromatic rings. The van der Waals surface area contributed by atoms with E-state index in [-0.39, 0.29) is 12.2 Å². The third-order valence-electron chi connectivity index (χ3n) is 2.72. The molecule has 1 amide bonds. The van der Waals surface area contributed by atoms with Crippen LogP contribution in [0.1, 0.15) is 25.7 Å². The largest absolute Gasteiger partial charge is 0.356 e. The highest BCUT2D eigenvalue weighted by atomic mass is 16.7. The van der Waals surface area contributed by atoms with Crippen molar-refractivity contribution in [3.05, 3.63) is 0 Å². The van der Waals surface area contributed by atoms with Crippen LogP contribution in [0.5, 0.6) is 0 Å². The average molecular weight is 199 g/mol. The lowest BCUT2D eigenvalue weighted by Crippen LogP contribution is -2.25. The molecule has 2 aliphatic rings. The third kappa shape index (κ3) is 2.69. The Morgan fingerprint density at radius 2 is 2.43 bits per heavy atom. The monoisotopic (exact) mass is 199 g/mol. The molecule has 0 aromatic heterocycles. The lowest BCUT2D eigenvalue weighted by molar-refractivity contribution is -0.168. The zero-order valence-corrected chi connectivity index (χ0v) is 8.33. The molecule has 80 valence electrons. The molecule has 2 fully saturated rings. The summed E-state index contributed by atoms with van der Waals surface area (Å²) >= 11 is 0. The SMILES string of the molecule is O=C1CC(COC2CCCCO2)CN1. The van der Waals surface area contributed by atoms with Gasteiger partial charge in [-0.1, -0.05) is 0 Å². The lowest BCUT2D eigenvalue weighted by Gasteiger charge is -2.23. The molecule has 2 saturated heterocycles. The van der Waals surface area contributed by atoms with Crippen molar-refractivity contribution in [2.45, 2.75) is 32.0 Å². The Bertz CT molecular complexity index is 202. The molecule has 4 heteroatoms. The molecule has 0 aliphatic carbocycles. The second-order valence-electron chi connectivity index (χ2n) is 4.00. The Balaban J connectivity index is 1.63. The van der Waals surface area contributed by atoms with E-state index in [4.69, 9.17) is 9.47 Å². The second kappa shape index (κ2) is 4.75. The molecule has 4 nitrogen and oxygen atoms in total. The smallest absolute Gasteiger partial charge is 0.220 e. The van der Waals surface area contributed by atoms with Crippen LogP contribution in [0.15, 0.2) is 0 Å². The lowest BCUT2D eigenvalue weighted by atomic mass is 10.1. The zero-order chi connectivity index (χ0) is 9.80. The number of nitrogens with one attached hydrogen (secondary N) is 1. The number of carbonyl (C=O) groups excluding carboxylic acids is 1. The van der Waals surface area contributed by atoms with E-state index in [1.165, 1.54) is 6.42 Å². The topological polar surface area (TPSA) is 47.6 Å². The van der Waals surface area contributed by atoms with Gasteiger partial charge in [-0.25, -0.2) is 0 Å². The molecule has 0 aromatic carbocycles. The van der Waals surface area contributed by atoms with Gasteiger partial charge in [0.25, 0.3) is 0 Å². The Morgan fingerprint density at radius 1 is 1.50 bits per heavy atom. The van der Waals surface area contributed by atoms with Crippen LogP contribution < -0.4 is 5.32 Å². The predicted molar refractivity (Wildman–Crippen MR) is 50.7 cm³/mol. The number of hydrogen-bond donors (Lipinski definition) is 1. The molecule has 2 unspecified atom stereocenters. The first kappa shape index (κ1) is 9.93. The number of ether oxygens (including phenoxy) is 2. The van der Waals surface area contributed by atoms with Gasteiger partial charge in [0.05, 0.1) is 6.61 Å². The molecule has 14 heavy (non-hydrogen) atoms. The van der Waals surface area contributed by atoms with Crippen LogP contribution in [0.3, 0.4) is 0 Å². The van der Waals surface area contributed by atoms with Gasteiger partial charge in [0, 0.05) is 25.5 Å². The van der Waals surface area contributed by atoms with Crippen LogP contribution in [-0.2, 0) is 14.3 Å². The number of rotatable bonds is 3. The molecular formula is C10H17NO3. The molecule has 0 saturated carbocycles. The van der Waals surface area contributed by atoms with Crippen molar-refractivity contribution in [2.75, 3.05) is 19.8 Å². The molecular weight excluding hydrogens is 182 g/mol. The van der Waals surface area contributed by atoms with Crippen molar-refractivity contribution in [3.63, 3.8) is 0 Å². The maximum Gasteiger partial charge on any atom is 0.220 e. The molecule has 2 rings (SSSR count). The van der Waals surface area contributed by atoms with Gasteiger partial charge in [-0.2, -0.15) is 0 Å². The molecule has 0 bridgehead atoms. The maximum absolute atomic E-state index is 10.9. The highest BCUT2D eigenvalue weighted by Crippen LogP contribution is 2.16. The summed E-state index contributed by atoms with van der Waals surface area (Å²) in [6.07, 6.45) is 3.90. The Hall–Kier alpha value is -0.610. The minimum atomic E-state index is -0.0283. The van der Waals surface area contributed by atoms with Crippen molar-refractivity contribution in [1.82, 2.24) is 5.32 Å². The molecule has 2 heterocycles. The maximum atomic E-state index is 10.9. The summed E-state index contributed by atoms with van der Waals surface area (Å²) in [7, 11) is 0. The fourth-order valence-electron chi connectivity index (χ4n) is 1.87. The Kier molecular flexibility index (Phi) is 3.37. The van der Waals surface area contributed by atoms with Crippen LogP contribution in [0.2, 0.25) is 0 Å². The average Bonchev–Trinajstić information content (AvgIpc) is 2.63. The fourth-order valence-corrected chi connectivity index (χ4v) is 1.87. The van der Waals surface area contributed by atoms with Crippen LogP contribution >= 0.6 is 0 Å². The number of hydrogen-bond acceptors (Lipinski definition) is 3. The summed E-state index contributed by atoms with van der Waals surface area (Å²) in [6, 6.07) is 0. The number of amides is 1. The summed E-state index contributed by atoms with van der Waals surface area (Å²) in [5, 5.41) is 2.80. The minimum Gasteiger partial charge on any atom is -0.356 e. The molecule has 2 atom stereocenters. The first-order valence-corrected chi connectivity index (χ1v) is 5.34. The number of carbonyl (C=O) groups is 1. The standard InChI is InChI=1S/C10H17NO3/c12-9-5-8(6-11-9)7-14-10-3-1-2-4-13-10/h8,10H,1-7H2,(H,11,12). The van der Waals surface area contributed by atoms with Gasteiger partial charge in [-0.15, -0.1) is 0 Å². The highest BCUT2D eigenvalue weighted by molar-refractivity contribution is 5.78. The van der Waals surface area contributed by atoms with Gasteiger partial charge in [-0.3, -0.25) is 4.79 Å². The summed E-state index contributed by atoms with van der Waals surface area (Å²) < 4.78 is 11.0. The van der Waals surface area contributed by atoms with E-state index in [9.17, 15) is 4.79 Å². The first-order valence-electron chi connectivity index (χ1n) is 5.34. The van der Waals surface area contributed by atoms with E-state index >= 15 is 0 Å². The van der Waals surface area contributed by atoms with Crippen molar-refractivity contribution in [2.24, 2.45) is 5.92 Å². The summed E-state index contributed by atoms with van der Waals surface area (Å²) in [6.45, 7) is 2.21. The van der Waals surface area contributed by atoms with E-state index < -0.39 is 0 Å². The van der Waals surface area contributed by atoms with Crippen molar-refractivity contribution in [3.8, 4) is 0 Å². The predicted octanol–water partition coefficient (Wildman–Crippen LogP) is 0.666. The van der Waals surface area contributed by atoms with Gasteiger partial charge in [0.2, 0.25) is 5.91 Å². The van der Waals surface area contributed by atoms with Crippen LogP contribution in [0.4, 0.5) is 0 Å². The minimum absolute atomic E-state index is 0.0283. The van der Waals surface area contributed by atoms with Gasteiger partial charge in [0.1, 0.15) is 0 Å². The van der Waals surface area contributed by atoms with Gasteiger partial charge < -0.3 is 14.8 Å². The van der Waals surface area contributed by atoms with E-state index in [2.05, 4.69) is 5.32 Å². The fraction of sp³-hybridized carbons (Fsp3) is 0.900. The molecule has 0 radical (unpaired) electrons. The normalized spacial score (nSPS) is 33.0. The third-order valence-corrected chi connectivity index (χ3v) is 2.72. The zero-order valence-electron chi connectivity index (χ0n) is 8.33. The molecule has 2 aliphatic heterocycles. The summed E-state index contributed by atoms with van der Waals surface area (Å²) in [5.74, 6) is 0.483. The van der Waals surface area contributed by atoms with Gasteiger partial charge in [0.15, 0.2) is 6.29 Å². The Morgan fingerprint density at radius 3 is 3.07 bits per heavy atom. The molecule has 1 N–H and O–H groups in total. The van der Waals surface area contributed by atoms with Crippen molar-refractivity contribution in [1.29, 1.82) is 0 Å². The van der Waals surface area contributed by atoms with Gasteiger partial charge >= 0.3 is 0 Å². The quantitative estimate of drug-likeness (QED) is 0.726. The van der Waals surface area contributed by atoms with Crippen LogP contribution in [0, 0.1) is 5.92 Å². The Labute approximate surface area is 84.0 Å². The van der Waals surface area contributed by atoms with Gasteiger partial charge in [-0.05, 0) is 19.3 Å². The van der Waals surface area contributed by atoms with E-state index in [1.807, 2.05) is 0 Å². The van der Waals surface area contributed by atoms with Crippen molar-refractivity contribution < 1.29 is 14.3 Å². The highest BCUT2D eigenvalue weighted by Gasteiger charge is 2.23. The summed E-state index contributed by atoms with van der Waals surface area (Å²) in [5.41, 5.74) is 0. The molecule has 0 spiro atoms. The van der Waals surface area contributed by atoms with Crippen LogP contribution in [0.25, 0.3) is 0 Å². The first-order chi connectivity index (χ1) is 6.84. The van der Waals surface area contributed by atoms with Crippen molar-refractivity contribution >= 4 is 5.91 Å².